The topological polar surface area (TPSA) is 155 Å². The number of allylic oxidation sites excluding steroid dienone is 2. The molecular formula is C33H36ClN5O8. The fraction of sp³-hybridized carbons (Fsp3) is 0.333. The highest BCUT2D eigenvalue weighted by Crippen LogP contribution is 2.41. The third kappa shape index (κ3) is 8.55. The average molecular weight is 666 g/mol. The minimum Gasteiger partial charge on any atom is -0.466 e. The predicted molar refractivity (Wildman–Crippen MR) is 174 cm³/mol. The summed E-state index contributed by atoms with van der Waals surface area (Å²) >= 11 is 5.78. The van der Waals surface area contributed by atoms with Crippen molar-refractivity contribution in [2.45, 2.75) is 46.1 Å². The van der Waals surface area contributed by atoms with Crippen LogP contribution >= 0.6 is 11.6 Å². The van der Waals surface area contributed by atoms with Crippen molar-refractivity contribution in [2.24, 2.45) is 5.16 Å². The van der Waals surface area contributed by atoms with Gasteiger partial charge in [0.25, 0.3) is 0 Å². The van der Waals surface area contributed by atoms with Crippen molar-refractivity contribution < 1.29 is 38.1 Å². The second kappa shape index (κ2) is 15.9. The Kier molecular flexibility index (Phi) is 11.7. The molecule has 1 amide bonds. The average Bonchev–Trinajstić information content (AvgIpc) is 3.53. The minimum atomic E-state index is -0.722. The summed E-state index contributed by atoms with van der Waals surface area (Å²) in [6.45, 7) is 8.14. The molecule has 2 aliphatic heterocycles. The Morgan fingerprint density at radius 3 is 2.40 bits per heavy atom. The number of nitrogens with one attached hydrogen (secondary N) is 1. The Morgan fingerprint density at radius 2 is 1.74 bits per heavy atom. The zero-order chi connectivity index (χ0) is 34.1. The molecule has 1 unspecified atom stereocenters. The van der Waals surface area contributed by atoms with Crippen LogP contribution in [0.4, 0.5) is 4.79 Å². The molecular weight excluding hydrogens is 630 g/mol. The standard InChI is InChI=1S/C19H21N3O5.C14H15ClN2O3/c1-9(2)26-19(24)15-11(4)20-10(3)14(18(23)25-5)16(15)12-7-6-8-13-17(12)22-27-21-13;1-19-16-9-11-3-2-8-17(10-11)14(18)20-13-6-4-12(15)5-7-13/h6-9,16,20H,1-5H3;3-7,9H,2,8,10H2,1H3/b;16-9+. The van der Waals surface area contributed by atoms with Gasteiger partial charge < -0.3 is 29.3 Å². The summed E-state index contributed by atoms with van der Waals surface area (Å²) in [7, 11) is 2.78. The largest absolute Gasteiger partial charge is 0.466 e. The molecule has 5 rings (SSSR count). The normalized spacial score (nSPS) is 16.4. The Balaban J connectivity index is 0.000000223. The van der Waals surface area contributed by atoms with Crippen LogP contribution in [0.25, 0.3) is 11.0 Å². The van der Waals surface area contributed by atoms with Crippen LogP contribution in [-0.2, 0) is 23.9 Å². The second-order valence-electron chi connectivity index (χ2n) is 10.8. The number of oxime groups is 1. The maximum absolute atomic E-state index is 12.9. The number of amides is 1. The lowest BCUT2D eigenvalue weighted by atomic mass is 9.80. The molecule has 2 aromatic carbocycles. The van der Waals surface area contributed by atoms with E-state index in [1.54, 1.807) is 81.3 Å². The van der Waals surface area contributed by atoms with Crippen molar-refractivity contribution in [3.8, 4) is 5.75 Å². The van der Waals surface area contributed by atoms with E-state index in [2.05, 4.69) is 25.6 Å². The molecule has 248 valence electrons. The SMILES string of the molecule is CO/N=C/C1=CCCN(C(=O)Oc2ccc(Cl)cc2)C1.COC(=O)C1=C(C)NC(C)=C(C(=O)OC(C)C)C1c1cccc2nonc12. The summed E-state index contributed by atoms with van der Waals surface area (Å²) < 4.78 is 20.5. The second-order valence-corrected chi connectivity index (χ2v) is 11.2. The molecule has 1 N–H and O–H groups in total. The molecule has 0 fully saturated rings. The van der Waals surface area contributed by atoms with Crippen LogP contribution < -0.4 is 10.1 Å². The number of methoxy groups -OCH3 is 1. The molecule has 0 bridgehead atoms. The Labute approximate surface area is 276 Å². The quantitative estimate of drug-likeness (QED) is 0.188. The van der Waals surface area contributed by atoms with Gasteiger partial charge in [0, 0.05) is 23.0 Å². The van der Waals surface area contributed by atoms with E-state index in [0.717, 1.165) is 12.0 Å². The maximum Gasteiger partial charge on any atom is 0.415 e. The molecule has 0 radical (unpaired) electrons. The third-order valence-corrected chi connectivity index (χ3v) is 7.39. The van der Waals surface area contributed by atoms with Gasteiger partial charge in [0.05, 0.1) is 43.0 Å². The number of halogens is 1. The number of hydrogen-bond acceptors (Lipinski definition) is 12. The van der Waals surface area contributed by atoms with Crippen molar-refractivity contribution in [3.63, 3.8) is 0 Å². The van der Waals surface area contributed by atoms with Crippen LogP contribution in [0.3, 0.4) is 0 Å². The first kappa shape index (κ1) is 34.7. The highest BCUT2D eigenvalue weighted by Gasteiger charge is 2.39. The predicted octanol–water partition coefficient (Wildman–Crippen LogP) is 5.69. The number of nitrogens with zero attached hydrogens (tertiary/aromatic N) is 4. The minimum absolute atomic E-state index is 0.309. The fourth-order valence-electron chi connectivity index (χ4n) is 5.10. The van der Waals surface area contributed by atoms with Crippen LogP contribution in [0.15, 0.2) is 86.4 Å². The van der Waals surface area contributed by atoms with Gasteiger partial charge in [0.1, 0.15) is 23.9 Å². The molecule has 0 aliphatic carbocycles. The molecule has 47 heavy (non-hydrogen) atoms. The smallest absolute Gasteiger partial charge is 0.415 e. The Hall–Kier alpha value is -5.17. The zero-order valence-electron chi connectivity index (χ0n) is 26.9. The third-order valence-electron chi connectivity index (χ3n) is 7.14. The van der Waals surface area contributed by atoms with E-state index in [0.29, 0.717) is 63.0 Å². The van der Waals surface area contributed by atoms with Crippen LogP contribution in [-0.4, -0.2) is 72.9 Å². The number of hydrogen-bond donors (Lipinski definition) is 1. The molecule has 3 aromatic rings. The van der Waals surface area contributed by atoms with Gasteiger partial charge >= 0.3 is 18.0 Å². The van der Waals surface area contributed by atoms with Gasteiger partial charge in [-0.15, -0.1) is 0 Å². The molecule has 14 heteroatoms. The summed E-state index contributed by atoms with van der Waals surface area (Å²) in [5.74, 6) is -1.30. The van der Waals surface area contributed by atoms with Crippen LogP contribution in [0.2, 0.25) is 5.02 Å². The van der Waals surface area contributed by atoms with E-state index in [-0.39, 0.29) is 12.2 Å². The van der Waals surface area contributed by atoms with Gasteiger partial charge in [-0.05, 0) is 85.9 Å². The van der Waals surface area contributed by atoms with E-state index in [9.17, 15) is 14.4 Å². The zero-order valence-corrected chi connectivity index (χ0v) is 27.7. The van der Waals surface area contributed by atoms with Gasteiger partial charge in [-0.2, -0.15) is 0 Å². The van der Waals surface area contributed by atoms with Crippen molar-refractivity contribution in [3.05, 3.63) is 87.2 Å². The van der Waals surface area contributed by atoms with Crippen molar-refractivity contribution >= 4 is 46.9 Å². The number of fused-ring (bicyclic) bond motifs is 1. The van der Waals surface area contributed by atoms with Gasteiger partial charge in [0.2, 0.25) is 0 Å². The molecule has 1 atom stereocenters. The van der Waals surface area contributed by atoms with Gasteiger partial charge in [-0.3, -0.25) is 0 Å². The summed E-state index contributed by atoms with van der Waals surface area (Å²) in [4.78, 5) is 43.7. The lowest BCUT2D eigenvalue weighted by Crippen LogP contribution is -2.38. The van der Waals surface area contributed by atoms with E-state index in [1.807, 2.05) is 6.08 Å². The van der Waals surface area contributed by atoms with Crippen molar-refractivity contribution in [1.82, 2.24) is 20.5 Å². The van der Waals surface area contributed by atoms with Crippen LogP contribution in [0.5, 0.6) is 5.75 Å². The molecule has 0 saturated carbocycles. The van der Waals surface area contributed by atoms with Gasteiger partial charge in [0.15, 0.2) is 0 Å². The number of ether oxygens (including phenoxy) is 3. The first-order valence-electron chi connectivity index (χ1n) is 14.7. The first-order chi connectivity index (χ1) is 22.5. The van der Waals surface area contributed by atoms with Crippen LogP contribution in [0.1, 0.15) is 45.6 Å². The molecule has 3 heterocycles. The highest BCUT2D eigenvalue weighted by molar-refractivity contribution is 6.30. The van der Waals surface area contributed by atoms with E-state index < -0.39 is 17.9 Å². The van der Waals surface area contributed by atoms with E-state index >= 15 is 0 Å². The molecule has 1 aromatic heterocycles. The number of esters is 2. The number of rotatable bonds is 7. The highest BCUT2D eigenvalue weighted by atomic mass is 35.5. The number of benzene rings is 2. The molecule has 0 spiro atoms. The summed E-state index contributed by atoms with van der Waals surface area (Å²) in [6.07, 6.45) is 3.69. The van der Waals surface area contributed by atoms with Gasteiger partial charge in [-0.25, -0.2) is 19.0 Å². The maximum atomic E-state index is 12.9. The van der Waals surface area contributed by atoms with Crippen LogP contribution in [0, 0.1) is 0 Å². The molecule has 2 aliphatic rings. The number of carbonyl (C=O) groups excluding carboxylic acids is 3. The summed E-state index contributed by atoms with van der Waals surface area (Å²) in [5.41, 5.74) is 4.38. The van der Waals surface area contributed by atoms with E-state index in [4.69, 9.17) is 30.4 Å². The number of aromatic nitrogens is 2. The summed E-state index contributed by atoms with van der Waals surface area (Å²) in [5, 5.41) is 15.2. The molecule has 13 nitrogen and oxygen atoms in total. The van der Waals surface area contributed by atoms with Crippen molar-refractivity contribution in [2.75, 3.05) is 27.3 Å². The van der Waals surface area contributed by atoms with E-state index in [1.165, 1.54) is 14.2 Å². The summed E-state index contributed by atoms with van der Waals surface area (Å²) in [6, 6.07) is 12.0. The monoisotopic (exact) mass is 665 g/mol. The lowest BCUT2D eigenvalue weighted by molar-refractivity contribution is -0.143. The lowest BCUT2D eigenvalue weighted by Gasteiger charge is -2.30. The van der Waals surface area contributed by atoms with Gasteiger partial charge in [-0.1, -0.05) is 35.0 Å². The first-order valence-corrected chi connectivity index (χ1v) is 15.1. The number of carbonyl (C=O) groups is 3. The Morgan fingerprint density at radius 1 is 1.04 bits per heavy atom. The Bertz CT molecular complexity index is 1740. The fourth-order valence-corrected chi connectivity index (χ4v) is 5.23. The number of dihydropyridines is 1. The van der Waals surface area contributed by atoms with Crippen molar-refractivity contribution in [1.29, 1.82) is 0 Å². The molecule has 0 saturated heterocycles.